The van der Waals surface area contributed by atoms with Crippen LogP contribution in [0.5, 0.6) is 0 Å². The maximum atomic E-state index is 13.0. The molecule has 2 aromatic rings. The number of benzene rings is 1. The summed E-state index contributed by atoms with van der Waals surface area (Å²) in [7, 11) is 0. The average Bonchev–Trinajstić information content (AvgIpc) is 2.69. The number of aromatic nitrogens is 2. The van der Waals surface area contributed by atoms with Crippen LogP contribution in [0.3, 0.4) is 0 Å². The smallest absolute Gasteiger partial charge is 0.330 e. The number of nitrogen functional groups attached to an aromatic ring is 1. The maximum absolute atomic E-state index is 13.0. The van der Waals surface area contributed by atoms with E-state index < -0.39 is 11.2 Å². The number of carbonyl (C=O) groups excluding carboxylic acids is 1. The first-order valence-electron chi connectivity index (χ1n) is 10.1. The van der Waals surface area contributed by atoms with Crippen molar-refractivity contribution >= 4 is 17.4 Å². The zero-order valence-corrected chi connectivity index (χ0v) is 17.5. The van der Waals surface area contributed by atoms with E-state index >= 15 is 0 Å². The third kappa shape index (κ3) is 5.57. The van der Waals surface area contributed by atoms with Crippen molar-refractivity contribution in [3.8, 4) is 0 Å². The van der Waals surface area contributed by atoms with Gasteiger partial charge in [0.15, 0.2) is 5.69 Å². The molecule has 0 bridgehead atoms. The molecule has 0 saturated heterocycles. The number of anilines is 2. The van der Waals surface area contributed by atoms with Crippen molar-refractivity contribution in [3.63, 3.8) is 0 Å². The number of H-pyrrole nitrogens is 1. The van der Waals surface area contributed by atoms with Gasteiger partial charge in [0.25, 0.3) is 5.56 Å². The Balaban J connectivity index is 2.40. The first kappa shape index (κ1) is 22.4. The fourth-order valence-corrected chi connectivity index (χ4v) is 3.40. The van der Waals surface area contributed by atoms with Crippen molar-refractivity contribution in [1.82, 2.24) is 14.5 Å². The van der Waals surface area contributed by atoms with E-state index in [0.717, 1.165) is 31.5 Å². The van der Waals surface area contributed by atoms with Gasteiger partial charge in [-0.25, -0.2) is 4.79 Å². The number of rotatable bonds is 10. The molecule has 8 heteroatoms. The van der Waals surface area contributed by atoms with Crippen LogP contribution in [-0.4, -0.2) is 46.5 Å². The lowest BCUT2D eigenvalue weighted by molar-refractivity contribution is -0.119. The van der Waals surface area contributed by atoms with Crippen LogP contribution >= 0.6 is 0 Å². The molecule has 0 aliphatic rings. The highest BCUT2D eigenvalue weighted by Gasteiger charge is 2.24. The molecule has 0 aliphatic carbocycles. The summed E-state index contributed by atoms with van der Waals surface area (Å²) in [5.41, 5.74) is 5.88. The summed E-state index contributed by atoms with van der Waals surface area (Å²) >= 11 is 0. The summed E-state index contributed by atoms with van der Waals surface area (Å²) in [6.45, 7) is 8.20. The Morgan fingerprint density at radius 2 is 1.69 bits per heavy atom. The van der Waals surface area contributed by atoms with Gasteiger partial charge in [-0.3, -0.25) is 24.0 Å². The standard InChI is InChI=1S/C21H31N5O3/c1-4-12-24(13-5-2)15-17(27)25(6-3)18-19(22)26(21(29)23-20(18)28)14-16-10-8-7-9-11-16/h7-11H,4-6,12-15,22H2,1-3H3,(H,23,28,29). The highest BCUT2D eigenvalue weighted by molar-refractivity contribution is 5.96. The van der Waals surface area contributed by atoms with Crippen LogP contribution in [0.25, 0.3) is 0 Å². The molecule has 0 saturated carbocycles. The summed E-state index contributed by atoms with van der Waals surface area (Å²) in [4.78, 5) is 43.6. The number of carbonyl (C=O) groups is 1. The van der Waals surface area contributed by atoms with E-state index in [9.17, 15) is 14.4 Å². The normalized spacial score (nSPS) is 11.0. The largest absolute Gasteiger partial charge is 0.383 e. The number of nitrogens with one attached hydrogen (secondary N) is 1. The lowest BCUT2D eigenvalue weighted by atomic mass is 10.2. The predicted octanol–water partition coefficient (Wildman–Crippen LogP) is 1.64. The second-order valence-electron chi connectivity index (χ2n) is 6.98. The van der Waals surface area contributed by atoms with E-state index in [1.807, 2.05) is 30.3 Å². The minimum Gasteiger partial charge on any atom is -0.383 e. The van der Waals surface area contributed by atoms with Crippen molar-refractivity contribution < 1.29 is 4.79 Å². The van der Waals surface area contributed by atoms with E-state index in [1.165, 1.54) is 9.47 Å². The molecule has 2 rings (SSSR count). The molecule has 1 aromatic heterocycles. The van der Waals surface area contributed by atoms with Crippen LogP contribution in [0.1, 0.15) is 39.2 Å². The highest BCUT2D eigenvalue weighted by atomic mass is 16.2. The molecule has 158 valence electrons. The van der Waals surface area contributed by atoms with Crippen molar-refractivity contribution in [3.05, 3.63) is 56.7 Å². The molecular weight excluding hydrogens is 370 g/mol. The predicted molar refractivity (Wildman–Crippen MR) is 116 cm³/mol. The van der Waals surface area contributed by atoms with Crippen LogP contribution in [0.15, 0.2) is 39.9 Å². The number of nitrogens with zero attached hydrogens (tertiary/aromatic N) is 3. The number of hydrogen-bond donors (Lipinski definition) is 2. The molecule has 1 aromatic carbocycles. The highest BCUT2D eigenvalue weighted by Crippen LogP contribution is 2.18. The summed E-state index contributed by atoms with van der Waals surface area (Å²) in [6.07, 6.45) is 1.87. The molecule has 0 aliphatic heterocycles. The number of aromatic amines is 1. The Morgan fingerprint density at radius 3 is 2.24 bits per heavy atom. The molecule has 0 radical (unpaired) electrons. The van der Waals surface area contributed by atoms with Gasteiger partial charge in [0, 0.05) is 6.54 Å². The van der Waals surface area contributed by atoms with Gasteiger partial charge in [0.1, 0.15) is 5.82 Å². The van der Waals surface area contributed by atoms with Gasteiger partial charge in [-0.1, -0.05) is 44.2 Å². The summed E-state index contributed by atoms with van der Waals surface area (Å²) in [5.74, 6) is -0.216. The first-order valence-corrected chi connectivity index (χ1v) is 10.1. The number of hydrogen-bond acceptors (Lipinski definition) is 5. The Labute approximate surface area is 170 Å². The quantitative estimate of drug-likeness (QED) is 0.630. The van der Waals surface area contributed by atoms with Gasteiger partial charge in [-0.05, 0) is 38.4 Å². The lowest BCUT2D eigenvalue weighted by Crippen LogP contribution is -2.45. The Hall–Kier alpha value is -2.87. The van der Waals surface area contributed by atoms with E-state index in [4.69, 9.17) is 5.73 Å². The second kappa shape index (κ2) is 10.6. The van der Waals surface area contributed by atoms with Gasteiger partial charge in [0.2, 0.25) is 5.91 Å². The van der Waals surface area contributed by atoms with E-state index in [1.54, 1.807) is 6.92 Å². The van der Waals surface area contributed by atoms with Gasteiger partial charge in [-0.15, -0.1) is 0 Å². The van der Waals surface area contributed by atoms with Crippen LogP contribution in [0.2, 0.25) is 0 Å². The molecule has 1 heterocycles. The molecule has 8 nitrogen and oxygen atoms in total. The molecule has 0 unspecified atom stereocenters. The summed E-state index contributed by atoms with van der Waals surface area (Å²) in [5, 5.41) is 0. The van der Waals surface area contributed by atoms with Crippen molar-refractivity contribution in [2.45, 2.75) is 40.2 Å². The SMILES string of the molecule is CCCN(CCC)CC(=O)N(CC)c1c(N)n(Cc2ccccc2)c(=O)[nH]c1=O. The second-order valence-corrected chi connectivity index (χ2v) is 6.98. The van der Waals surface area contributed by atoms with Crippen LogP contribution in [-0.2, 0) is 11.3 Å². The van der Waals surface area contributed by atoms with Gasteiger partial charge < -0.3 is 10.6 Å². The molecule has 0 fully saturated rings. The van der Waals surface area contributed by atoms with Gasteiger partial charge in [0.05, 0.1) is 13.1 Å². The third-order valence-electron chi connectivity index (χ3n) is 4.72. The zero-order valence-electron chi connectivity index (χ0n) is 17.5. The minimum atomic E-state index is -0.649. The van der Waals surface area contributed by atoms with Gasteiger partial charge in [-0.2, -0.15) is 0 Å². The Bertz CT molecular complexity index is 914. The fraction of sp³-hybridized carbons (Fsp3) is 0.476. The van der Waals surface area contributed by atoms with Crippen LogP contribution in [0, 0.1) is 0 Å². The molecule has 1 amide bonds. The third-order valence-corrected chi connectivity index (χ3v) is 4.72. The van der Waals surface area contributed by atoms with Crippen LogP contribution in [0.4, 0.5) is 11.5 Å². The first-order chi connectivity index (χ1) is 13.9. The number of nitrogens with two attached hydrogens (primary N) is 1. The Morgan fingerprint density at radius 1 is 1.07 bits per heavy atom. The van der Waals surface area contributed by atoms with Crippen molar-refractivity contribution in [2.24, 2.45) is 0 Å². The van der Waals surface area contributed by atoms with E-state index in [-0.39, 0.29) is 37.0 Å². The van der Waals surface area contributed by atoms with E-state index in [0.29, 0.717) is 0 Å². The topological polar surface area (TPSA) is 104 Å². The molecule has 0 atom stereocenters. The number of amides is 1. The van der Waals surface area contributed by atoms with Crippen molar-refractivity contribution in [2.75, 3.05) is 36.8 Å². The molecule has 0 spiro atoms. The van der Waals surface area contributed by atoms with E-state index in [2.05, 4.69) is 23.7 Å². The monoisotopic (exact) mass is 401 g/mol. The lowest BCUT2D eigenvalue weighted by Gasteiger charge is -2.27. The molecular formula is C21H31N5O3. The summed E-state index contributed by atoms with van der Waals surface area (Å²) in [6, 6.07) is 9.34. The molecule has 3 N–H and O–H groups in total. The van der Waals surface area contributed by atoms with Crippen molar-refractivity contribution in [1.29, 1.82) is 0 Å². The van der Waals surface area contributed by atoms with Crippen LogP contribution < -0.4 is 21.9 Å². The maximum Gasteiger partial charge on any atom is 0.330 e. The Kier molecular flexibility index (Phi) is 8.21. The zero-order chi connectivity index (χ0) is 21.4. The fourth-order valence-electron chi connectivity index (χ4n) is 3.40. The molecule has 29 heavy (non-hydrogen) atoms. The summed E-state index contributed by atoms with van der Waals surface area (Å²) < 4.78 is 1.29. The number of likely N-dealkylation sites (N-methyl/N-ethyl adjacent to an activating group) is 1. The average molecular weight is 402 g/mol. The minimum absolute atomic E-state index is 0.00432. The van der Waals surface area contributed by atoms with Gasteiger partial charge >= 0.3 is 5.69 Å².